The zero-order chi connectivity index (χ0) is 21.7. The number of fused-ring (bicyclic) bond motifs is 7. The molecule has 5 rings (SSSR count). The topological polar surface area (TPSA) is 17.1 Å². The molecule has 0 heterocycles. The third kappa shape index (κ3) is 2.62. The Labute approximate surface area is 185 Å². The third-order valence-corrected chi connectivity index (χ3v) is 12.3. The predicted octanol–water partition coefficient (Wildman–Crippen LogP) is 7.99. The number of carbonyl (C=O) groups excluding carboxylic acids is 1. The molecule has 8 atom stereocenters. The first-order valence-corrected chi connectivity index (χ1v) is 13.1. The minimum Gasteiger partial charge on any atom is -0.299 e. The molecule has 0 aromatic carbocycles. The lowest BCUT2D eigenvalue weighted by molar-refractivity contribution is -0.158. The van der Waals surface area contributed by atoms with Gasteiger partial charge in [-0.3, -0.25) is 4.79 Å². The molecule has 0 spiro atoms. The van der Waals surface area contributed by atoms with E-state index in [-0.39, 0.29) is 11.3 Å². The number of hydrogen-bond donors (Lipinski definition) is 0. The van der Waals surface area contributed by atoms with E-state index < -0.39 is 0 Å². The quantitative estimate of drug-likeness (QED) is 0.370. The molecule has 0 aliphatic heterocycles. The highest BCUT2D eigenvalue weighted by Crippen LogP contribution is 2.73. The molecule has 0 aromatic heterocycles. The van der Waals surface area contributed by atoms with Gasteiger partial charge in [-0.25, -0.2) is 0 Å². The molecule has 0 radical (unpaired) electrons. The average molecular weight is 411 g/mol. The van der Waals surface area contributed by atoms with Crippen LogP contribution in [0.2, 0.25) is 0 Å². The Morgan fingerprint density at radius 1 is 0.833 bits per heavy atom. The molecule has 4 fully saturated rings. The molecule has 5 aliphatic carbocycles. The van der Waals surface area contributed by atoms with E-state index in [0.29, 0.717) is 27.4 Å². The van der Waals surface area contributed by atoms with Crippen molar-refractivity contribution >= 4 is 5.78 Å². The van der Waals surface area contributed by atoms with Crippen LogP contribution in [0.5, 0.6) is 0 Å². The Morgan fingerprint density at radius 2 is 1.57 bits per heavy atom. The molecule has 0 unspecified atom stereocenters. The van der Waals surface area contributed by atoms with E-state index in [9.17, 15) is 4.79 Å². The van der Waals surface area contributed by atoms with Crippen LogP contribution >= 0.6 is 0 Å². The van der Waals surface area contributed by atoms with Gasteiger partial charge in [-0.2, -0.15) is 0 Å². The Balaban J connectivity index is 1.54. The highest BCUT2D eigenvalue weighted by atomic mass is 16.1. The normalized spacial score (nSPS) is 54.9. The van der Waals surface area contributed by atoms with Gasteiger partial charge >= 0.3 is 0 Å². The first-order valence-electron chi connectivity index (χ1n) is 13.1. The molecule has 0 N–H and O–H groups in total. The minimum atomic E-state index is 0.227. The number of allylic oxidation sites excluding steroid dienone is 2. The van der Waals surface area contributed by atoms with E-state index in [1.54, 1.807) is 0 Å². The van der Waals surface area contributed by atoms with Gasteiger partial charge in [0.25, 0.3) is 0 Å². The van der Waals surface area contributed by atoms with Gasteiger partial charge < -0.3 is 0 Å². The molecule has 0 bridgehead atoms. The molecule has 168 valence electrons. The molecule has 0 amide bonds. The zero-order valence-corrected chi connectivity index (χ0v) is 20.9. The highest BCUT2D eigenvalue weighted by Gasteiger charge is 2.64. The van der Waals surface area contributed by atoms with Crippen molar-refractivity contribution in [2.75, 3.05) is 0 Å². The minimum absolute atomic E-state index is 0.227. The van der Waals surface area contributed by atoms with Crippen molar-refractivity contribution in [3.05, 3.63) is 11.6 Å². The zero-order valence-electron chi connectivity index (χ0n) is 20.9. The van der Waals surface area contributed by atoms with Crippen molar-refractivity contribution in [2.24, 2.45) is 50.7 Å². The second-order valence-corrected chi connectivity index (χ2v) is 14.2. The molecular weight excluding hydrogens is 364 g/mol. The van der Waals surface area contributed by atoms with Crippen molar-refractivity contribution in [3.63, 3.8) is 0 Å². The van der Waals surface area contributed by atoms with Crippen molar-refractivity contribution in [1.29, 1.82) is 0 Å². The fraction of sp³-hybridized carbons (Fsp3) is 0.897. The second kappa shape index (κ2) is 6.26. The summed E-state index contributed by atoms with van der Waals surface area (Å²) >= 11 is 0. The Hall–Kier alpha value is -0.590. The first kappa shape index (κ1) is 21.3. The van der Waals surface area contributed by atoms with E-state index in [1.807, 2.05) is 5.57 Å². The van der Waals surface area contributed by atoms with Gasteiger partial charge in [-0.05, 0) is 103 Å². The van der Waals surface area contributed by atoms with Gasteiger partial charge in [0.1, 0.15) is 5.78 Å². The fourth-order valence-corrected chi connectivity index (χ4v) is 9.97. The van der Waals surface area contributed by atoms with Crippen LogP contribution in [0, 0.1) is 50.7 Å². The summed E-state index contributed by atoms with van der Waals surface area (Å²) in [5.74, 6) is 3.11. The number of hydrogen-bond acceptors (Lipinski definition) is 1. The van der Waals surface area contributed by atoms with E-state index in [2.05, 4.69) is 54.5 Å². The SMILES string of the molecule is C[C@H]1C(=O)CC[C@@H]2[C@]3(C)CC[C@]4(C)C(=CC[C@@]5(C)CCC(C)(C)C[C@H]54)[C@H]3CC[C@@]21C. The van der Waals surface area contributed by atoms with Gasteiger partial charge in [0.05, 0.1) is 0 Å². The Kier molecular flexibility index (Phi) is 4.43. The maximum absolute atomic E-state index is 12.6. The molecule has 30 heavy (non-hydrogen) atoms. The van der Waals surface area contributed by atoms with Crippen LogP contribution in [0.1, 0.15) is 113 Å². The predicted molar refractivity (Wildman–Crippen MR) is 125 cm³/mol. The number of rotatable bonds is 0. The summed E-state index contributed by atoms with van der Waals surface area (Å²) in [6.45, 7) is 17.7. The van der Waals surface area contributed by atoms with Crippen LogP contribution in [0.4, 0.5) is 0 Å². The smallest absolute Gasteiger partial charge is 0.136 e. The summed E-state index contributed by atoms with van der Waals surface area (Å²) in [5, 5.41) is 0. The van der Waals surface area contributed by atoms with Crippen molar-refractivity contribution in [2.45, 2.75) is 113 Å². The summed E-state index contributed by atoms with van der Waals surface area (Å²) in [5.41, 5.74) is 3.90. The van der Waals surface area contributed by atoms with Gasteiger partial charge in [0.2, 0.25) is 0 Å². The monoisotopic (exact) mass is 410 g/mol. The third-order valence-electron chi connectivity index (χ3n) is 12.3. The van der Waals surface area contributed by atoms with Gasteiger partial charge in [0, 0.05) is 12.3 Å². The summed E-state index contributed by atoms with van der Waals surface area (Å²) in [4.78, 5) is 12.6. The van der Waals surface area contributed by atoms with Crippen LogP contribution in [0.25, 0.3) is 0 Å². The number of Topliss-reactive ketones (excluding diaryl/α,β-unsaturated/α-hetero) is 1. The average Bonchev–Trinajstić information content (AvgIpc) is 2.67. The molecular formula is C29H46O. The summed E-state index contributed by atoms with van der Waals surface area (Å²) < 4.78 is 0. The molecule has 0 aromatic rings. The molecule has 0 saturated heterocycles. The molecule has 5 aliphatic rings. The first-order chi connectivity index (χ1) is 13.9. The van der Waals surface area contributed by atoms with Gasteiger partial charge in [-0.1, -0.05) is 60.1 Å². The van der Waals surface area contributed by atoms with Crippen molar-refractivity contribution in [3.8, 4) is 0 Å². The van der Waals surface area contributed by atoms with E-state index in [0.717, 1.165) is 30.6 Å². The van der Waals surface area contributed by atoms with Crippen LogP contribution < -0.4 is 0 Å². The molecule has 1 heteroatoms. The van der Waals surface area contributed by atoms with Crippen molar-refractivity contribution in [1.82, 2.24) is 0 Å². The summed E-state index contributed by atoms with van der Waals surface area (Å²) in [6, 6.07) is 0. The lowest BCUT2D eigenvalue weighted by atomic mass is 9.36. The van der Waals surface area contributed by atoms with E-state index in [4.69, 9.17) is 0 Å². The fourth-order valence-electron chi connectivity index (χ4n) is 9.97. The largest absolute Gasteiger partial charge is 0.299 e. The summed E-state index contributed by atoms with van der Waals surface area (Å²) in [6.07, 6.45) is 15.6. The highest BCUT2D eigenvalue weighted by molar-refractivity contribution is 5.82. The maximum Gasteiger partial charge on any atom is 0.136 e. The van der Waals surface area contributed by atoms with Crippen LogP contribution in [0.3, 0.4) is 0 Å². The van der Waals surface area contributed by atoms with Crippen LogP contribution in [-0.2, 0) is 4.79 Å². The second-order valence-electron chi connectivity index (χ2n) is 14.2. The lowest BCUT2D eigenvalue weighted by Crippen LogP contribution is -2.60. The van der Waals surface area contributed by atoms with Crippen LogP contribution in [-0.4, -0.2) is 5.78 Å². The number of ketones is 1. The van der Waals surface area contributed by atoms with E-state index in [1.165, 1.54) is 51.4 Å². The van der Waals surface area contributed by atoms with E-state index >= 15 is 0 Å². The standard InChI is InChI=1S/C29H46O/c1-19-22(30)8-9-23-27(19,5)13-11-21-20-10-12-26(4)15-14-25(2,3)18-24(26)29(20,7)17-16-28(21,23)6/h10,19,21,23-24H,8-9,11-18H2,1-7H3/t19-,21+,23-,24+,26-,27+,28+,29+/m0/s1. The maximum atomic E-state index is 12.6. The van der Waals surface area contributed by atoms with Crippen molar-refractivity contribution < 1.29 is 4.79 Å². The van der Waals surface area contributed by atoms with Gasteiger partial charge in [0.15, 0.2) is 0 Å². The van der Waals surface area contributed by atoms with Gasteiger partial charge in [-0.15, -0.1) is 0 Å². The number of carbonyl (C=O) groups is 1. The Morgan fingerprint density at radius 3 is 2.30 bits per heavy atom. The Bertz CT molecular complexity index is 790. The summed E-state index contributed by atoms with van der Waals surface area (Å²) in [7, 11) is 0. The molecule has 1 nitrogen and oxygen atoms in total. The molecule has 4 saturated carbocycles. The lowest BCUT2D eigenvalue weighted by Gasteiger charge is -2.68. The van der Waals surface area contributed by atoms with Crippen LogP contribution in [0.15, 0.2) is 11.6 Å².